The van der Waals surface area contributed by atoms with Crippen LogP contribution in [0.5, 0.6) is 0 Å². The average Bonchev–Trinajstić information content (AvgIpc) is 2.82. The second-order valence-electron chi connectivity index (χ2n) is 7.71. The van der Waals surface area contributed by atoms with Crippen molar-refractivity contribution in [3.63, 3.8) is 0 Å². The molecule has 2 aromatic rings. The molecule has 7 heteroatoms. The number of para-hydroxylation sites is 1. The highest BCUT2D eigenvalue weighted by molar-refractivity contribution is 6.15. The summed E-state index contributed by atoms with van der Waals surface area (Å²) in [7, 11) is 0. The quantitative estimate of drug-likeness (QED) is 0.466. The van der Waals surface area contributed by atoms with Gasteiger partial charge in [0.15, 0.2) is 5.57 Å². The minimum absolute atomic E-state index is 0.0947. The Bertz CT molecular complexity index is 1060. The largest absolute Gasteiger partial charge is 0.419 e. The number of hydrogen-bond donors (Lipinski definition) is 1. The maximum atomic E-state index is 12.5. The van der Waals surface area contributed by atoms with E-state index >= 15 is 0 Å². The summed E-state index contributed by atoms with van der Waals surface area (Å²) in [5.74, 6) is -2.89. The molecule has 0 unspecified atom stereocenters. The van der Waals surface area contributed by atoms with Gasteiger partial charge in [0, 0.05) is 32.7 Å². The molecule has 0 spiro atoms. The van der Waals surface area contributed by atoms with Gasteiger partial charge >= 0.3 is 11.9 Å². The summed E-state index contributed by atoms with van der Waals surface area (Å²) >= 11 is 0. The second kappa shape index (κ2) is 7.33. The topological polar surface area (TPSA) is 84.9 Å². The zero-order valence-corrected chi connectivity index (χ0v) is 17.0. The van der Waals surface area contributed by atoms with Crippen molar-refractivity contribution in [2.24, 2.45) is 0 Å². The minimum Gasteiger partial charge on any atom is -0.419 e. The number of amides is 1. The van der Waals surface area contributed by atoms with Crippen LogP contribution in [0, 0.1) is 0 Å². The first-order chi connectivity index (χ1) is 14.2. The van der Waals surface area contributed by atoms with Gasteiger partial charge in [-0.15, -0.1) is 0 Å². The van der Waals surface area contributed by atoms with E-state index in [0.717, 1.165) is 35.3 Å². The van der Waals surface area contributed by atoms with Crippen LogP contribution in [-0.2, 0) is 36.7 Å². The fraction of sp³-hybridized carbons (Fsp3) is 0.261. The van der Waals surface area contributed by atoms with E-state index in [0.29, 0.717) is 5.69 Å². The monoisotopic (exact) mass is 406 g/mol. The molecule has 7 nitrogen and oxygen atoms in total. The molecule has 0 aromatic heterocycles. The predicted octanol–water partition coefficient (Wildman–Crippen LogP) is 3.60. The highest BCUT2D eigenvalue weighted by Gasteiger charge is 2.39. The number of nitrogens with zero attached hydrogens (tertiary/aromatic N) is 1. The van der Waals surface area contributed by atoms with Crippen LogP contribution >= 0.6 is 0 Å². The predicted molar refractivity (Wildman–Crippen MR) is 111 cm³/mol. The molecule has 0 saturated carbocycles. The lowest BCUT2D eigenvalue weighted by Crippen LogP contribution is -2.42. The molecule has 154 valence electrons. The minimum atomic E-state index is -1.29. The number of cyclic esters (lactones) is 2. The molecule has 2 aliphatic heterocycles. The van der Waals surface area contributed by atoms with Gasteiger partial charge in [-0.25, -0.2) is 9.59 Å². The normalized spacial score (nSPS) is 17.2. The van der Waals surface area contributed by atoms with Gasteiger partial charge < -0.3 is 14.8 Å². The van der Waals surface area contributed by atoms with Crippen LogP contribution in [-0.4, -0.2) is 23.6 Å². The van der Waals surface area contributed by atoms with Crippen molar-refractivity contribution in [1.29, 1.82) is 0 Å². The Morgan fingerprint density at radius 2 is 1.63 bits per heavy atom. The standard InChI is InChI=1S/C23H22N2O5/c1-14(26)25-19-7-5-4-6-15(19)8-9-16-10-11-17(12-20(16)25)24-13-18-21(27)29-23(2,3)30-22(18)28/h4-7,10-13,24H,8-9H2,1-3H3. The molecule has 0 atom stereocenters. The van der Waals surface area contributed by atoms with Gasteiger partial charge in [0.2, 0.25) is 5.91 Å². The first-order valence-corrected chi connectivity index (χ1v) is 9.70. The lowest BCUT2D eigenvalue weighted by Gasteiger charge is -2.29. The Labute approximate surface area is 174 Å². The number of aryl methyl sites for hydroxylation is 2. The zero-order chi connectivity index (χ0) is 21.5. The van der Waals surface area contributed by atoms with Crippen LogP contribution in [0.2, 0.25) is 0 Å². The fourth-order valence-electron chi connectivity index (χ4n) is 3.69. The lowest BCUT2D eigenvalue weighted by atomic mass is 10.0. The number of anilines is 3. The fourth-order valence-corrected chi connectivity index (χ4v) is 3.69. The van der Waals surface area contributed by atoms with Gasteiger partial charge in [-0.05, 0) is 42.2 Å². The highest BCUT2D eigenvalue weighted by Crippen LogP contribution is 2.37. The third kappa shape index (κ3) is 3.66. The highest BCUT2D eigenvalue weighted by atomic mass is 16.7. The lowest BCUT2D eigenvalue weighted by molar-refractivity contribution is -0.222. The zero-order valence-electron chi connectivity index (χ0n) is 17.0. The van der Waals surface area contributed by atoms with E-state index in [-0.39, 0.29) is 11.5 Å². The second-order valence-corrected chi connectivity index (χ2v) is 7.71. The molecule has 2 aromatic carbocycles. The summed E-state index contributed by atoms with van der Waals surface area (Å²) < 4.78 is 10.2. The molecular formula is C23H22N2O5. The molecule has 1 amide bonds. The van der Waals surface area contributed by atoms with Gasteiger partial charge in [-0.2, -0.15) is 0 Å². The summed E-state index contributed by atoms with van der Waals surface area (Å²) in [6.07, 6.45) is 2.90. The van der Waals surface area contributed by atoms with Crippen molar-refractivity contribution >= 4 is 34.9 Å². The molecule has 1 saturated heterocycles. The SMILES string of the molecule is CC(=O)N1c2ccccc2CCc2ccc(NC=C3C(=O)OC(C)(C)OC3=O)cc21. The third-order valence-corrected chi connectivity index (χ3v) is 5.04. The van der Waals surface area contributed by atoms with Crippen LogP contribution in [0.3, 0.4) is 0 Å². The van der Waals surface area contributed by atoms with Crippen LogP contribution < -0.4 is 10.2 Å². The molecule has 30 heavy (non-hydrogen) atoms. The van der Waals surface area contributed by atoms with Crippen molar-refractivity contribution in [3.05, 3.63) is 65.4 Å². The first kappa shape index (κ1) is 19.7. The maximum absolute atomic E-state index is 12.5. The smallest absolute Gasteiger partial charge is 0.350 e. The van der Waals surface area contributed by atoms with Gasteiger partial charge in [0.25, 0.3) is 5.79 Å². The van der Waals surface area contributed by atoms with Crippen LogP contribution in [0.15, 0.2) is 54.2 Å². The maximum Gasteiger partial charge on any atom is 0.350 e. The number of ether oxygens (including phenoxy) is 2. The van der Waals surface area contributed by atoms with Gasteiger partial charge in [-0.1, -0.05) is 24.3 Å². The molecule has 4 rings (SSSR count). The van der Waals surface area contributed by atoms with Crippen molar-refractivity contribution in [2.45, 2.75) is 39.4 Å². The number of nitrogens with one attached hydrogen (secondary N) is 1. The van der Waals surface area contributed by atoms with E-state index in [1.807, 2.05) is 42.5 Å². The summed E-state index contributed by atoms with van der Waals surface area (Å²) in [6.45, 7) is 4.52. The Hall–Kier alpha value is -3.61. The van der Waals surface area contributed by atoms with Crippen LogP contribution in [0.25, 0.3) is 0 Å². The van der Waals surface area contributed by atoms with Gasteiger partial charge in [0.05, 0.1) is 11.4 Å². The number of esters is 2. The number of fused-ring (bicyclic) bond motifs is 2. The Morgan fingerprint density at radius 3 is 2.30 bits per heavy atom. The first-order valence-electron chi connectivity index (χ1n) is 9.70. The Kier molecular flexibility index (Phi) is 4.81. The number of carbonyl (C=O) groups is 3. The number of rotatable bonds is 2. The molecule has 2 aliphatic rings. The van der Waals surface area contributed by atoms with Crippen molar-refractivity contribution in [2.75, 3.05) is 10.2 Å². The number of benzene rings is 2. The number of hydrogen-bond acceptors (Lipinski definition) is 6. The summed E-state index contributed by atoms with van der Waals surface area (Å²) in [5.41, 5.74) is 4.18. The van der Waals surface area contributed by atoms with Crippen LogP contribution in [0.4, 0.5) is 17.1 Å². The summed E-state index contributed by atoms with van der Waals surface area (Å²) in [6, 6.07) is 13.5. The van der Waals surface area contributed by atoms with E-state index in [2.05, 4.69) is 5.32 Å². The van der Waals surface area contributed by atoms with E-state index in [1.165, 1.54) is 27.0 Å². The van der Waals surface area contributed by atoms with E-state index in [9.17, 15) is 14.4 Å². The van der Waals surface area contributed by atoms with E-state index in [1.54, 1.807) is 4.90 Å². The van der Waals surface area contributed by atoms with Gasteiger partial charge in [-0.3, -0.25) is 9.69 Å². The van der Waals surface area contributed by atoms with Crippen molar-refractivity contribution in [1.82, 2.24) is 0 Å². The third-order valence-electron chi connectivity index (χ3n) is 5.04. The van der Waals surface area contributed by atoms with Crippen molar-refractivity contribution < 1.29 is 23.9 Å². The summed E-state index contributed by atoms with van der Waals surface area (Å²) in [4.78, 5) is 38.4. The average molecular weight is 406 g/mol. The van der Waals surface area contributed by atoms with Crippen molar-refractivity contribution in [3.8, 4) is 0 Å². The van der Waals surface area contributed by atoms with E-state index in [4.69, 9.17) is 9.47 Å². The van der Waals surface area contributed by atoms with Crippen LogP contribution in [0.1, 0.15) is 31.9 Å². The molecule has 2 heterocycles. The van der Waals surface area contributed by atoms with Gasteiger partial charge in [0.1, 0.15) is 0 Å². The molecule has 0 bridgehead atoms. The summed E-state index contributed by atoms with van der Waals surface area (Å²) in [5, 5.41) is 2.95. The number of carbonyl (C=O) groups excluding carboxylic acids is 3. The van der Waals surface area contributed by atoms with E-state index < -0.39 is 17.7 Å². The molecule has 0 aliphatic carbocycles. The molecule has 1 N–H and O–H groups in total. The molecular weight excluding hydrogens is 384 g/mol. The molecule has 1 fully saturated rings. The Morgan fingerprint density at radius 1 is 1.00 bits per heavy atom. The Balaban J connectivity index is 1.67. The molecule has 0 radical (unpaired) electrons.